The maximum absolute atomic E-state index is 6.15. The molecule has 0 aliphatic heterocycles. The highest BCUT2D eigenvalue weighted by atomic mass is 35.5. The zero-order valence-electron chi connectivity index (χ0n) is 8.65. The quantitative estimate of drug-likeness (QED) is 0.934. The largest absolute Gasteiger partial charge is 0.319 e. The van der Waals surface area contributed by atoms with Gasteiger partial charge in [0.05, 0.1) is 20.4 Å². The van der Waals surface area contributed by atoms with Crippen molar-refractivity contribution in [3.8, 4) is 0 Å². The fourth-order valence-electron chi connectivity index (χ4n) is 1.60. The molecule has 0 fully saturated rings. The lowest BCUT2D eigenvalue weighted by Gasteiger charge is -2.12. The molecule has 0 aromatic carbocycles. The first kappa shape index (κ1) is 11.9. The Kier molecular flexibility index (Phi) is 3.54. The van der Waals surface area contributed by atoms with Crippen molar-refractivity contribution < 1.29 is 0 Å². The molecule has 86 valence electrons. The molecule has 2 N–H and O–H groups in total. The molecular weight excluding hydrogens is 265 g/mol. The highest BCUT2D eigenvalue weighted by molar-refractivity contribution is 7.20. The molecule has 0 spiro atoms. The third-order valence-electron chi connectivity index (χ3n) is 2.39. The number of thiophene rings is 1. The summed E-state index contributed by atoms with van der Waals surface area (Å²) < 4.78 is 3.14. The number of aryl methyl sites for hydroxylation is 1. The number of aromatic nitrogens is 2. The van der Waals surface area contributed by atoms with Crippen LogP contribution >= 0.6 is 34.5 Å². The van der Waals surface area contributed by atoms with Gasteiger partial charge in [-0.15, -0.1) is 11.3 Å². The van der Waals surface area contributed by atoms with Gasteiger partial charge in [-0.3, -0.25) is 4.68 Å². The van der Waals surface area contributed by atoms with E-state index >= 15 is 0 Å². The number of nitrogens with two attached hydrogens (primary N) is 1. The summed E-state index contributed by atoms with van der Waals surface area (Å²) in [5.74, 6) is 0. The smallest absolute Gasteiger partial charge is 0.0995 e. The van der Waals surface area contributed by atoms with Gasteiger partial charge in [-0.05, 0) is 19.1 Å². The first-order chi connectivity index (χ1) is 7.63. The van der Waals surface area contributed by atoms with Gasteiger partial charge in [0.25, 0.3) is 0 Å². The minimum atomic E-state index is -0.279. The minimum absolute atomic E-state index is 0.279. The van der Waals surface area contributed by atoms with Crippen LogP contribution in [0.4, 0.5) is 0 Å². The van der Waals surface area contributed by atoms with Crippen molar-refractivity contribution in [2.45, 2.75) is 19.5 Å². The van der Waals surface area contributed by atoms with Gasteiger partial charge < -0.3 is 5.73 Å². The first-order valence-electron chi connectivity index (χ1n) is 4.85. The van der Waals surface area contributed by atoms with Crippen molar-refractivity contribution in [2.75, 3.05) is 0 Å². The Morgan fingerprint density at radius 3 is 2.88 bits per heavy atom. The van der Waals surface area contributed by atoms with Crippen molar-refractivity contribution in [3.05, 3.63) is 38.3 Å². The molecule has 0 amide bonds. The lowest BCUT2D eigenvalue weighted by atomic mass is 10.1. The zero-order valence-corrected chi connectivity index (χ0v) is 11.0. The van der Waals surface area contributed by atoms with E-state index in [-0.39, 0.29) is 6.04 Å². The van der Waals surface area contributed by atoms with E-state index in [1.165, 1.54) is 11.3 Å². The molecule has 0 aliphatic rings. The molecule has 6 heteroatoms. The van der Waals surface area contributed by atoms with E-state index in [2.05, 4.69) is 5.10 Å². The van der Waals surface area contributed by atoms with Crippen molar-refractivity contribution in [3.63, 3.8) is 0 Å². The van der Waals surface area contributed by atoms with E-state index in [0.29, 0.717) is 8.67 Å². The molecular formula is C10H11Cl2N3S. The standard InChI is InChI=1S/C10H11Cl2N3S/c1-2-15-7(3-4-14-15)9(13)6-5-8(11)16-10(6)12/h3-5,9H,2,13H2,1H3. The molecule has 2 aromatic rings. The van der Waals surface area contributed by atoms with Gasteiger partial charge in [0, 0.05) is 18.3 Å². The van der Waals surface area contributed by atoms with Crippen LogP contribution < -0.4 is 5.73 Å². The van der Waals surface area contributed by atoms with Crippen LogP contribution in [0.1, 0.15) is 24.2 Å². The second-order valence-corrected chi connectivity index (χ2v) is 5.61. The van der Waals surface area contributed by atoms with Gasteiger partial charge in [0.15, 0.2) is 0 Å². The van der Waals surface area contributed by atoms with Gasteiger partial charge in [-0.2, -0.15) is 5.10 Å². The molecule has 0 saturated heterocycles. The van der Waals surface area contributed by atoms with Crippen molar-refractivity contribution in [2.24, 2.45) is 5.73 Å². The van der Waals surface area contributed by atoms with Gasteiger partial charge in [0.2, 0.25) is 0 Å². The van der Waals surface area contributed by atoms with Crippen LogP contribution in [0.5, 0.6) is 0 Å². The third kappa shape index (κ3) is 2.11. The molecule has 2 rings (SSSR count). The van der Waals surface area contributed by atoms with Crippen LogP contribution in [-0.4, -0.2) is 9.78 Å². The Bertz CT molecular complexity index is 492. The average molecular weight is 276 g/mol. The van der Waals surface area contributed by atoms with Gasteiger partial charge in [-0.25, -0.2) is 0 Å². The molecule has 16 heavy (non-hydrogen) atoms. The Balaban J connectivity index is 2.38. The Morgan fingerprint density at radius 1 is 1.56 bits per heavy atom. The second kappa shape index (κ2) is 4.75. The monoisotopic (exact) mass is 275 g/mol. The maximum atomic E-state index is 6.15. The molecule has 3 nitrogen and oxygen atoms in total. The highest BCUT2D eigenvalue weighted by Crippen LogP contribution is 2.36. The molecule has 1 atom stereocenters. The zero-order chi connectivity index (χ0) is 11.7. The predicted octanol–water partition coefficient (Wildman–Crippen LogP) is 3.32. The average Bonchev–Trinajstić information content (AvgIpc) is 2.83. The van der Waals surface area contributed by atoms with E-state index < -0.39 is 0 Å². The topological polar surface area (TPSA) is 43.8 Å². The fraction of sp³-hybridized carbons (Fsp3) is 0.300. The summed E-state index contributed by atoms with van der Waals surface area (Å²) in [5.41, 5.74) is 7.95. The summed E-state index contributed by atoms with van der Waals surface area (Å²) >= 11 is 13.3. The van der Waals surface area contributed by atoms with Gasteiger partial charge >= 0.3 is 0 Å². The van der Waals surface area contributed by atoms with Crippen molar-refractivity contribution in [1.29, 1.82) is 0 Å². The van der Waals surface area contributed by atoms with Crippen LogP contribution in [0.2, 0.25) is 8.67 Å². The second-order valence-electron chi connectivity index (χ2n) is 3.33. The van der Waals surface area contributed by atoms with Gasteiger partial charge in [-0.1, -0.05) is 23.2 Å². The molecule has 1 unspecified atom stereocenters. The summed E-state index contributed by atoms with van der Waals surface area (Å²) in [6.45, 7) is 2.80. The number of hydrogen-bond donors (Lipinski definition) is 1. The summed E-state index contributed by atoms with van der Waals surface area (Å²) in [7, 11) is 0. The molecule has 0 aliphatic carbocycles. The Hall–Kier alpha value is -0.550. The molecule has 0 saturated carbocycles. The van der Waals surface area contributed by atoms with Crippen LogP contribution in [-0.2, 0) is 6.54 Å². The minimum Gasteiger partial charge on any atom is -0.319 e. The SMILES string of the molecule is CCn1nccc1C(N)c1cc(Cl)sc1Cl. The van der Waals surface area contributed by atoms with E-state index in [1.54, 1.807) is 6.20 Å². The van der Waals surface area contributed by atoms with Gasteiger partial charge in [0.1, 0.15) is 0 Å². The first-order valence-corrected chi connectivity index (χ1v) is 6.42. The normalized spacial score (nSPS) is 13.0. The fourth-order valence-corrected chi connectivity index (χ4v) is 3.15. The summed E-state index contributed by atoms with van der Waals surface area (Å²) in [6, 6.07) is 3.43. The predicted molar refractivity (Wildman–Crippen MR) is 68.3 cm³/mol. The Morgan fingerprint density at radius 2 is 2.31 bits per heavy atom. The lowest BCUT2D eigenvalue weighted by Crippen LogP contribution is -2.16. The van der Waals surface area contributed by atoms with Crippen LogP contribution in [0, 0.1) is 0 Å². The number of rotatable bonds is 3. The van der Waals surface area contributed by atoms with E-state index in [0.717, 1.165) is 17.8 Å². The maximum Gasteiger partial charge on any atom is 0.0995 e. The summed E-state index contributed by atoms with van der Waals surface area (Å²) in [4.78, 5) is 0. The lowest BCUT2D eigenvalue weighted by molar-refractivity contribution is 0.601. The third-order valence-corrected chi connectivity index (χ3v) is 3.90. The van der Waals surface area contributed by atoms with E-state index in [4.69, 9.17) is 28.9 Å². The Labute approximate surface area is 108 Å². The highest BCUT2D eigenvalue weighted by Gasteiger charge is 2.18. The summed E-state index contributed by atoms with van der Waals surface area (Å²) in [5, 5.41) is 4.18. The molecule has 2 heterocycles. The van der Waals surface area contributed by atoms with E-state index in [1.807, 2.05) is 23.7 Å². The summed E-state index contributed by atoms with van der Waals surface area (Å²) in [6.07, 6.45) is 1.74. The van der Waals surface area contributed by atoms with Crippen LogP contribution in [0.3, 0.4) is 0 Å². The van der Waals surface area contributed by atoms with Crippen molar-refractivity contribution >= 4 is 34.5 Å². The van der Waals surface area contributed by atoms with Crippen molar-refractivity contribution in [1.82, 2.24) is 9.78 Å². The number of hydrogen-bond acceptors (Lipinski definition) is 3. The number of halogens is 2. The van der Waals surface area contributed by atoms with Crippen LogP contribution in [0.15, 0.2) is 18.3 Å². The molecule has 2 aromatic heterocycles. The molecule has 0 radical (unpaired) electrons. The molecule has 0 bridgehead atoms. The number of nitrogens with zero attached hydrogens (tertiary/aromatic N) is 2. The van der Waals surface area contributed by atoms with E-state index in [9.17, 15) is 0 Å². The van der Waals surface area contributed by atoms with Crippen LogP contribution in [0.25, 0.3) is 0 Å².